The SMILES string of the molecule is CN=C(NCc1cccc(F)c1)NCC(OC)C(C)(C)C.I. The summed E-state index contributed by atoms with van der Waals surface area (Å²) in [7, 11) is 3.42. The number of aliphatic imine (C=N–C) groups is 1. The van der Waals surface area contributed by atoms with Crippen molar-refractivity contribution < 1.29 is 9.13 Å². The van der Waals surface area contributed by atoms with Gasteiger partial charge in [0.15, 0.2) is 5.96 Å². The Kier molecular flexibility index (Phi) is 9.59. The van der Waals surface area contributed by atoms with Gasteiger partial charge >= 0.3 is 0 Å². The fourth-order valence-corrected chi connectivity index (χ4v) is 1.99. The third kappa shape index (κ3) is 7.40. The fraction of sp³-hybridized carbons (Fsp3) is 0.562. The van der Waals surface area contributed by atoms with E-state index in [1.165, 1.54) is 12.1 Å². The lowest BCUT2D eigenvalue weighted by Crippen LogP contribution is -2.45. The van der Waals surface area contributed by atoms with E-state index >= 15 is 0 Å². The molecule has 1 rings (SSSR count). The van der Waals surface area contributed by atoms with E-state index in [1.807, 2.05) is 6.07 Å². The summed E-state index contributed by atoms with van der Waals surface area (Å²) in [6.07, 6.45) is 0.0743. The van der Waals surface area contributed by atoms with Gasteiger partial charge in [0.2, 0.25) is 0 Å². The molecule has 4 nitrogen and oxygen atoms in total. The second-order valence-corrected chi connectivity index (χ2v) is 6.03. The van der Waals surface area contributed by atoms with E-state index in [4.69, 9.17) is 4.74 Å². The van der Waals surface area contributed by atoms with Crippen molar-refractivity contribution in [1.82, 2.24) is 10.6 Å². The Bertz CT molecular complexity index is 475. The third-order valence-corrected chi connectivity index (χ3v) is 3.28. The molecule has 0 heterocycles. The van der Waals surface area contributed by atoms with E-state index in [2.05, 4.69) is 36.4 Å². The summed E-state index contributed by atoms with van der Waals surface area (Å²) < 4.78 is 18.6. The molecule has 0 radical (unpaired) electrons. The minimum Gasteiger partial charge on any atom is -0.379 e. The van der Waals surface area contributed by atoms with E-state index in [9.17, 15) is 4.39 Å². The highest BCUT2D eigenvalue weighted by molar-refractivity contribution is 14.0. The average molecular weight is 423 g/mol. The van der Waals surface area contributed by atoms with E-state index in [1.54, 1.807) is 20.2 Å². The van der Waals surface area contributed by atoms with Gasteiger partial charge in [-0.1, -0.05) is 32.9 Å². The van der Waals surface area contributed by atoms with Crippen LogP contribution in [0.2, 0.25) is 0 Å². The molecule has 0 aliphatic carbocycles. The molecule has 0 saturated heterocycles. The van der Waals surface area contributed by atoms with Gasteiger partial charge in [-0.3, -0.25) is 4.99 Å². The Hall–Kier alpha value is -0.890. The van der Waals surface area contributed by atoms with Crippen LogP contribution in [0.1, 0.15) is 26.3 Å². The van der Waals surface area contributed by atoms with Gasteiger partial charge < -0.3 is 15.4 Å². The summed E-state index contributed by atoms with van der Waals surface area (Å²) in [6.45, 7) is 7.57. The first-order chi connectivity index (χ1) is 9.86. The monoisotopic (exact) mass is 423 g/mol. The molecular weight excluding hydrogens is 396 g/mol. The summed E-state index contributed by atoms with van der Waals surface area (Å²) in [5, 5.41) is 6.39. The molecule has 0 aliphatic rings. The maximum atomic E-state index is 13.1. The predicted octanol–water partition coefficient (Wildman–Crippen LogP) is 3.17. The van der Waals surface area contributed by atoms with Crippen LogP contribution in [0, 0.1) is 11.2 Å². The molecule has 2 N–H and O–H groups in total. The van der Waals surface area contributed by atoms with Crippen molar-refractivity contribution in [3.63, 3.8) is 0 Å². The minimum absolute atomic E-state index is 0. The van der Waals surface area contributed by atoms with Crippen molar-refractivity contribution >= 4 is 29.9 Å². The molecule has 0 aliphatic heterocycles. The van der Waals surface area contributed by atoms with Crippen molar-refractivity contribution in [2.75, 3.05) is 20.7 Å². The highest BCUT2D eigenvalue weighted by Gasteiger charge is 2.24. The number of rotatable bonds is 5. The van der Waals surface area contributed by atoms with Crippen LogP contribution in [-0.4, -0.2) is 32.8 Å². The zero-order chi connectivity index (χ0) is 15.9. The molecule has 126 valence electrons. The highest BCUT2D eigenvalue weighted by atomic mass is 127. The number of hydrogen-bond donors (Lipinski definition) is 2. The lowest BCUT2D eigenvalue weighted by molar-refractivity contribution is 0.0205. The number of nitrogens with one attached hydrogen (secondary N) is 2. The Morgan fingerprint density at radius 1 is 1.32 bits per heavy atom. The lowest BCUT2D eigenvalue weighted by atomic mass is 9.89. The molecule has 1 aromatic carbocycles. The quantitative estimate of drug-likeness (QED) is 0.435. The lowest BCUT2D eigenvalue weighted by Gasteiger charge is -2.30. The molecule has 22 heavy (non-hydrogen) atoms. The number of guanidine groups is 1. The maximum absolute atomic E-state index is 13.1. The van der Waals surface area contributed by atoms with Crippen molar-refractivity contribution in [2.24, 2.45) is 10.4 Å². The van der Waals surface area contributed by atoms with Crippen LogP contribution in [-0.2, 0) is 11.3 Å². The van der Waals surface area contributed by atoms with Crippen LogP contribution in [0.3, 0.4) is 0 Å². The van der Waals surface area contributed by atoms with Gasteiger partial charge in [0.1, 0.15) is 5.82 Å². The summed E-state index contributed by atoms with van der Waals surface area (Å²) in [5.41, 5.74) is 0.917. The summed E-state index contributed by atoms with van der Waals surface area (Å²) >= 11 is 0. The molecule has 0 spiro atoms. The Labute approximate surface area is 149 Å². The molecular formula is C16H27FIN3O. The first-order valence-corrected chi connectivity index (χ1v) is 7.08. The topological polar surface area (TPSA) is 45.7 Å². The van der Waals surface area contributed by atoms with E-state index in [-0.39, 0.29) is 41.3 Å². The van der Waals surface area contributed by atoms with E-state index in [0.717, 1.165) is 5.56 Å². The van der Waals surface area contributed by atoms with Gasteiger partial charge in [-0.25, -0.2) is 4.39 Å². The van der Waals surface area contributed by atoms with Gasteiger partial charge in [0, 0.05) is 27.2 Å². The van der Waals surface area contributed by atoms with Gasteiger partial charge in [-0.2, -0.15) is 0 Å². The van der Waals surface area contributed by atoms with Crippen molar-refractivity contribution in [1.29, 1.82) is 0 Å². The number of ether oxygens (including phenoxy) is 1. The average Bonchev–Trinajstić information content (AvgIpc) is 2.41. The first kappa shape index (κ1) is 21.1. The zero-order valence-corrected chi connectivity index (χ0v) is 16.3. The second-order valence-electron chi connectivity index (χ2n) is 6.03. The molecule has 1 unspecified atom stereocenters. The van der Waals surface area contributed by atoms with Crippen LogP contribution in [0.5, 0.6) is 0 Å². The maximum Gasteiger partial charge on any atom is 0.191 e. The Morgan fingerprint density at radius 2 is 2.00 bits per heavy atom. The van der Waals surface area contributed by atoms with Gasteiger partial charge in [-0.15, -0.1) is 24.0 Å². The second kappa shape index (κ2) is 9.99. The first-order valence-electron chi connectivity index (χ1n) is 7.08. The number of hydrogen-bond acceptors (Lipinski definition) is 2. The molecule has 0 amide bonds. The van der Waals surface area contributed by atoms with Crippen molar-refractivity contribution in [2.45, 2.75) is 33.4 Å². The van der Waals surface area contributed by atoms with Crippen LogP contribution in [0.25, 0.3) is 0 Å². The molecule has 0 fully saturated rings. The van der Waals surface area contributed by atoms with Crippen LogP contribution < -0.4 is 10.6 Å². The zero-order valence-electron chi connectivity index (χ0n) is 13.9. The highest BCUT2D eigenvalue weighted by Crippen LogP contribution is 2.20. The molecule has 0 saturated carbocycles. The largest absolute Gasteiger partial charge is 0.379 e. The van der Waals surface area contributed by atoms with Gasteiger partial charge in [-0.05, 0) is 23.1 Å². The predicted molar refractivity (Wildman–Crippen MR) is 100 cm³/mol. The third-order valence-electron chi connectivity index (χ3n) is 3.28. The molecule has 1 atom stereocenters. The van der Waals surface area contributed by atoms with E-state index in [0.29, 0.717) is 19.0 Å². The van der Waals surface area contributed by atoms with Gasteiger partial charge in [0.05, 0.1) is 6.10 Å². The molecule has 0 bridgehead atoms. The van der Waals surface area contributed by atoms with Crippen LogP contribution in [0.15, 0.2) is 29.3 Å². The van der Waals surface area contributed by atoms with Crippen molar-refractivity contribution in [3.8, 4) is 0 Å². The number of benzene rings is 1. The minimum atomic E-state index is -0.232. The Morgan fingerprint density at radius 3 is 2.50 bits per heavy atom. The number of methoxy groups -OCH3 is 1. The fourth-order valence-electron chi connectivity index (χ4n) is 1.99. The summed E-state index contributed by atoms with van der Waals surface area (Å²) in [6, 6.07) is 6.51. The smallest absolute Gasteiger partial charge is 0.191 e. The van der Waals surface area contributed by atoms with Crippen LogP contribution in [0.4, 0.5) is 4.39 Å². The normalized spacial score (nSPS) is 13.3. The van der Waals surface area contributed by atoms with E-state index < -0.39 is 0 Å². The Balaban J connectivity index is 0.00000441. The summed E-state index contributed by atoms with van der Waals surface area (Å²) in [5.74, 6) is 0.440. The summed E-state index contributed by atoms with van der Waals surface area (Å²) in [4.78, 5) is 4.16. The molecule has 0 aromatic heterocycles. The van der Waals surface area contributed by atoms with Gasteiger partial charge in [0.25, 0.3) is 0 Å². The van der Waals surface area contributed by atoms with Crippen LogP contribution >= 0.6 is 24.0 Å². The number of nitrogens with zero attached hydrogens (tertiary/aromatic N) is 1. The molecule has 1 aromatic rings. The standard InChI is InChI=1S/C16H26FN3O.HI/c1-16(2,3)14(21-5)11-20-15(18-4)19-10-12-7-6-8-13(17)9-12;/h6-9,14H,10-11H2,1-5H3,(H2,18,19,20);1H. The number of halogens is 2. The van der Waals surface area contributed by atoms with Crippen molar-refractivity contribution in [3.05, 3.63) is 35.6 Å². The molecule has 6 heteroatoms.